The van der Waals surface area contributed by atoms with Crippen molar-refractivity contribution in [2.24, 2.45) is 0 Å². The van der Waals surface area contributed by atoms with Crippen LogP contribution in [-0.2, 0) is 6.42 Å². The summed E-state index contributed by atoms with van der Waals surface area (Å²) < 4.78 is 0. The third-order valence-corrected chi connectivity index (χ3v) is 3.64. The van der Waals surface area contributed by atoms with E-state index >= 15 is 0 Å². The summed E-state index contributed by atoms with van der Waals surface area (Å²) in [6, 6.07) is 16.8. The molecule has 0 aliphatic rings. The van der Waals surface area contributed by atoms with E-state index in [1.54, 1.807) is 0 Å². The van der Waals surface area contributed by atoms with Crippen LogP contribution in [0.5, 0.6) is 0 Å². The van der Waals surface area contributed by atoms with Crippen molar-refractivity contribution in [1.29, 1.82) is 0 Å². The van der Waals surface area contributed by atoms with Crippen molar-refractivity contribution in [1.82, 2.24) is 0 Å². The molecule has 0 amide bonds. The first-order chi connectivity index (χ1) is 9.25. The lowest BCUT2D eigenvalue weighted by atomic mass is 10.1. The molecule has 0 fully saturated rings. The second-order valence-corrected chi connectivity index (χ2v) is 5.24. The Balaban J connectivity index is 1.68. The fourth-order valence-corrected chi connectivity index (χ4v) is 2.21. The lowest BCUT2D eigenvalue weighted by Gasteiger charge is -2.08. The van der Waals surface area contributed by atoms with Crippen LogP contribution in [0.15, 0.2) is 48.5 Å². The lowest BCUT2D eigenvalue weighted by molar-refractivity contribution is 0.763. The third kappa shape index (κ3) is 4.60. The molecule has 1 N–H and O–H groups in total. The highest BCUT2D eigenvalue weighted by Crippen LogP contribution is 2.19. The van der Waals surface area contributed by atoms with Gasteiger partial charge in [0.25, 0.3) is 0 Å². The van der Waals surface area contributed by atoms with Crippen LogP contribution in [0.25, 0.3) is 0 Å². The van der Waals surface area contributed by atoms with Crippen LogP contribution in [-0.4, -0.2) is 6.54 Å². The molecule has 0 saturated heterocycles. The molecule has 0 saturated carbocycles. The molecule has 0 aliphatic carbocycles. The molecule has 2 aromatic rings. The van der Waals surface area contributed by atoms with Crippen molar-refractivity contribution >= 4 is 17.3 Å². The van der Waals surface area contributed by atoms with Gasteiger partial charge in [0.1, 0.15) is 0 Å². The molecule has 0 heterocycles. The number of benzene rings is 2. The number of rotatable bonds is 6. The number of hydrogen-bond acceptors (Lipinski definition) is 1. The molecule has 0 radical (unpaired) electrons. The Morgan fingerprint density at radius 1 is 1.00 bits per heavy atom. The Morgan fingerprint density at radius 2 is 1.79 bits per heavy atom. The number of nitrogens with one attached hydrogen (secondary N) is 1. The maximum absolute atomic E-state index is 6.09. The number of unbranched alkanes of at least 4 members (excludes halogenated alkanes) is 1. The Bertz CT molecular complexity index is 508. The summed E-state index contributed by atoms with van der Waals surface area (Å²) in [5.74, 6) is 0. The molecule has 2 rings (SSSR count). The summed E-state index contributed by atoms with van der Waals surface area (Å²) in [4.78, 5) is 0. The van der Waals surface area contributed by atoms with Crippen molar-refractivity contribution in [3.63, 3.8) is 0 Å². The SMILES string of the molecule is Cc1ccc(NCCCCc2ccccc2)cc1Cl. The number of aryl methyl sites for hydroxylation is 2. The summed E-state index contributed by atoms with van der Waals surface area (Å²) in [6.07, 6.45) is 3.52. The fraction of sp³-hybridized carbons (Fsp3) is 0.294. The number of hydrogen-bond donors (Lipinski definition) is 1. The molecule has 0 spiro atoms. The van der Waals surface area contributed by atoms with E-state index < -0.39 is 0 Å². The van der Waals surface area contributed by atoms with E-state index in [2.05, 4.69) is 47.8 Å². The Hall–Kier alpha value is -1.47. The summed E-state index contributed by atoms with van der Waals surface area (Å²) >= 11 is 6.09. The van der Waals surface area contributed by atoms with E-state index in [0.717, 1.165) is 29.2 Å². The van der Waals surface area contributed by atoms with Crippen molar-refractivity contribution in [2.75, 3.05) is 11.9 Å². The van der Waals surface area contributed by atoms with Crippen LogP contribution in [0.3, 0.4) is 0 Å². The van der Waals surface area contributed by atoms with Crippen molar-refractivity contribution in [3.8, 4) is 0 Å². The van der Waals surface area contributed by atoms with Crippen LogP contribution < -0.4 is 5.32 Å². The first kappa shape index (κ1) is 14.0. The number of halogens is 1. The van der Waals surface area contributed by atoms with Crippen LogP contribution in [0.4, 0.5) is 5.69 Å². The van der Waals surface area contributed by atoms with Crippen LogP contribution in [0.2, 0.25) is 5.02 Å². The van der Waals surface area contributed by atoms with E-state index in [1.165, 1.54) is 18.4 Å². The average molecular weight is 274 g/mol. The molecule has 100 valence electrons. The highest BCUT2D eigenvalue weighted by atomic mass is 35.5. The van der Waals surface area contributed by atoms with E-state index in [1.807, 2.05) is 13.0 Å². The molecular weight excluding hydrogens is 254 g/mol. The fourth-order valence-electron chi connectivity index (χ4n) is 2.03. The molecule has 0 bridgehead atoms. The predicted molar refractivity (Wildman–Crippen MR) is 84.1 cm³/mol. The molecule has 0 unspecified atom stereocenters. The van der Waals surface area contributed by atoms with E-state index in [-0.39, 0.29) is 0 Å². The van der Waals surface area contributed by atoms with E-state index in [0.29, 0.717) is 0 Å². The standard InChI is InChI=1S/C17H20ClN/c1-14-10-11-16(13-17(14)18)19-12-6-5-9-15-7-3-2-4-8-15/h2-4,7-8,10-11,13,19H,5-6,9,12H2,1H3. The average Bonchev–Trinajstić information content (AvgIpc) is 2.43. The zero-order chi connectivity index (χ0) is 13.5. The number of anilines is 1. The van der Waals surface area contributed by atoms with E-state index in [9.17, 15) is 0 Å². The lowest BCUT2D eigenvalue weighted by Crippen LogP contribution is -2.02. The van der Waals surface area contributed by atoms with E-state index in [4.69, 9.17) is 11.6 Å². The van der Waals surface area contributed by atoms with Gasteiger partial charge in [-0.15, -0.1) is 0 Å². The van der Waals surface area contributed by atoms with Crippen molar-refractivity contribution in [2.45, 2.75) is 26.2 Å². The van der Waals surface area contributed by atoms with Gasteiger partial charge in [-0.2, -0.15) is 0 Å². The Morgan fingerprint density at radius 3 is 2.53 bits per heavy atom. The van der Waals surface area contributed by atoms with Crippen LogP contribution in [0, 0.1) is 6.92 Å². The van der Waals surface area contributed by atoms with Gasteiger partial charge in [-0.25, -0.2) is 0 Å². The molecular formula is C17H20ClN. The topological polar surface area (TPSA) is 12.0 Å². The van der Waals surface area contributed by atoms with Gasteiger partial charge in [0, 0.05) is 17.3 Å². The maximum atomic E-state index is 6.09. The largest absolute Gasteiger partial charge is 0.385 e. The molecule has 0 aliphatic heterocycles. The van der Waals surface area contributed by atoms with Crippen LogP contribution in [0.1, 0.15) is 24.0 Å². The van der Waals surface area contributed by atoms with Crippen molar-refractivity contribution < 1.29 is 0 Å². The van der Waals surface area contributed by atoms with Gasteiger partial charge in [-0.05, 0) is 49.4 Å². The van der Waals surface area contributed by atoms with Gasteiger partial charge < -0.3 is 5.32 Å². The zero-order valence-electron chi connectivity index (χ0n) is 11.3. The molecule has 0 atom stereocenters. The summed E-state index contributed by atoms with van der Waals surface area (Å²) in [7, 11) is 0. The highest BCUT2D eigenvalue weighted by Gasteiger charge is 1.97. The molecule has 19 heavy (non-hydrogen) atoms. The van der Waals surface area contributed by atoms with Gasteiger partial charge in [0.05, 0.1) is 0 Å². The summed E-state index contributed by atoms with van der Waals surface area (Å²) in [5, 5.41) is 4.24. The first-order valence-electron chi connectivity index (χ1n) is 6.79. The third-order valence-electron chi connectivity index (χ3n) is 3.24. The second-order valence-electron chi connectivity index (χ2n) is 4.83. The van der Waals surface area contributed by atoms with Crippen molar-refractivity contribution in [3.05, 3.63) is 64.7 Å². The minimum atomic E-state index is 0.828. The normalized spacial score (nSPS) is 10.4. The Kier molecular flexibility index (Phi) is 5.29. The monoisotopic (exact) mass is 273 g/mol. The minimum absolute atomic E-state index is 0.828. The smallest absolute Gasteiger partial charge is 0.0455 e. The molecule has 0 aromatic heterocycles. The maximum Gasteiger partial charge on any atom is 0.0455 e. The van der Waals surface area contributed by atoms with Gasteiger partial charge in [-0.1, -0.05) is 48.0 Å². The summed E-state index contributed by atoms with van der Waals surface area (Å²) in [6.45, 7) is 3.01. The summed E-state index contributed by atoms with van der Waals surface area (Å²) in [5.41, 5.74) is 3.65. The van der Waals surface area contributed by atoms with Gasteiger partial charge >= 0.3 is 0 Å². The minimum Gasteiger partial charge on any atom is -0.385 e. The highest BCUT2D eigenvalue weighted by molar-refractivity contribution is 6.31. The van der Waals surface area contributed by atoms with Gasteiger partial charge in [-0.3, -0.25) is 0 Å². The van der Waals surface area contributed by atoms with Crippen LogP contribution >= 0.6 is 11.6 Å². The molecule has 2 aromatic carbocycles. The first-order valence-corrected chi connectivity index (χ1v) is 7.17. The van der Waals surface area contributed by atoms with Gasteiger partial charge in [0.2, 0.25) is 0 Å². The molecule has 2 heteroatoms. The van der Waals surface area contributed by atoms with Gasteiger partial charge in [0.15, 0.2) is 0 Å². The predicted octanol–water partition coefficient (Wildman–Crippen LogP) is 5.08. The molecule has 1 nitrogen and oxygen atoms in total. The quantitative estimate of drug-likeness (QED) is 0.724. The zero-order valence-corrected chi connectivity index (χ0v) is 12.1. The Labute approximate surface area is 120 Å². The second kappa shape index (κ2) is 7.20.